The van der Waals surface area contributed by atoms with E-state index >= 15 is 0 Å². The van der Waals surface area contributed by atoms with E-state index in [2.05, 4.69) is 10.6 Å². The van der Waals surface area contributed by atoms with Gasteiger partial charge in [-0.05, 0) is 13.0 Å². The minimum atomic E-state index is -0.164. The van der Waals surface area contributed by atoms with Gasteiger partial charge in [-0.2, -0.15) is 0 Å². The van der Waals surface area contributed by atoms with Crippen LogP contribution in [0.4, 0.5) is 0 Å². The van der Waals surface area contributed by atoms with Crippen LogP contribution >= 0.6 is 12.4 Å². The zero-order valence-corrected chi connectivity index (χ0v) is 11.0. The number of carbonyl (C=O) groups excluding carboxylic acids is 2. The number of amides is 1. The van der Waals surface area contributed by atoms with E-state index in [0.29, 0.717) is 23.6 Å². The van der Waals surface area contributed by atoms with E-state index in [1.54, 1.807) is 24.3 Å². The highest BCUT2D eigenvalue weighted by atomic mass is 35.5. The first kappa shape index (κ1) is 14.7. The van der Waals surface area contributed by atoms with E-state index in [4.69, 9.17) is 0 Å². The maximum Gasteiger partial charge on any atom is 0.252 e. The number of carbonyl (C=O) groups is 2. The lowest BCUT2D eigenvalue weighted by Gasteiger charge is -2.27. The largest absolute Gasteiger partial charge is 0.352 e. The van der Waals surface area contributed by atoms with E-state index < -0.39 is 0 Å². The lowest BCUT2D eigenvalue weighted by Crippen LogP contribution is -2.48. The Kier molecular flexibility index (Phi) is 5.31. The average Bonchev–Trinajstić information content (AvgIpc) is 2.26. The van der Waals surface area contributed by atoms with Crippen LogP contribution in [0, 0.1) is 5.92 Å². The highest BCUT2D eigenvalue weighted by molar-refractivity contribution is 6.07. The van der Waals surface area contributed by atoms with E-state index in [1.807, 2.05) is 0 Å². The molecule has 1 heterocycles. The van der Waals surface area contributed by atoms with E-state index in [1.165, 1.54) is 6.92 Å². The van der Waals surface area contributed by atoms with Gasteiger partial charge in [0.2, 0.25) is 0 Å². The van der Waals surface area contributed by atoms with Crippen molar-refractivity contribution >= 4 is 24.1 Å². The molecule has 0 aliphatic carbocycles. The summed E-state index contributed by atoms with van der Waals surface area (Å²) in [6, 6.07) is 6.91. The monoisotopic (exact) mass is 268 g/mol. The lowest BCUT2D eigenvalue weighted by atomic mass is 10.0. The van der Waals surface area contributed by atoms with Crippen molar-refractivity contribution in [3.63, 3.8) is 0 Å². The van der Waals surface area contributed by atoms with Crippen molar-refractivity contribution in [2.75, 3.05) is 19.6 Å². The van der Waals surface area contributed by atoms with Gasteiger partial charge < -0.3 is 10.6 Å². The fraction of sp³-hybridized carbons (Fsp3) is 0.385. The van der Waals surface area contributed by atoms with E-state index in [-0.39, 0.29) is 24.1 Å². The van der Waals surface area contributed by atoms with Crippen LogP contribution in [0.1, 0.15) is 27.6 Å². The Labute approximate surface area is 113 Å². The molecule has 0 radical (unpaired) electrons. The molecule has 0 atom stereocenters. The molecule has 1 aliphatic heterocycles. The fourth-order valence-electron chi connectivity index (χ4n) is 1.81. The molecule has 98 valence electrons. The third-order valence-electron chi connectivity index (χ3n) is 2.97. The summed E-state index contributed by atoms with van der Waals surface area (Å²) in [4.78, 5) is 23.3. The molecular formula is C13H17ClN2O2. The zero-order valence-electron chi connectivity index (χ0n) is 10.2. The maximum atomic E-state index is 11.9. The van der Waals surface area contributed by atoms with Crippen molar-refractivity contribution < 1.29 is 9.59 Å². The van der Waals surface area contributed by atoms with Crippen LogP contribution < -0.4 is 10.6 Å². The Balaban J connectivity index is 0.00000162. The van der Waals surface area contributed by atoms with Gasteiger partial charge in [-0.25, -0.2) is 0 Å². The van der Waals surface area contributed by atoms with Crippen LogP contribution in [0.2, 0.25) is 0 Å². The molecule has 1 amide bonds. The van der Waals surface area contributed by atoms with Gasteiger partial charge in [0, 0.05) is 31.1 Å². The number of benzene rings is 1. The molecule has 1 fully saturated rings. The molecule has 0 bridgehead atoms. The molecule has 1 aromatic carbocycles. The predicted octanol–water partition coefficient (Wildman–Crippen LogP) is 1.26. The Hall–Kier alpha value is -1.39. The van der Waals surface area contributed by atoms with Crippen LogP contribution in [0.25, 0.3) is 0 Å². The first-order chi connectivity index (χ1) is 8.18. The number of hydrogen-bond acceptors (Lipinski definition) is 3. The summed E-state index contributed by atoms with van der Waals surface area (Å²) in [5, 5.41) is 6.01. The topological polar surface area (TPSA) is 58.2 Å². The smallest absolute Gasteiger partial charge is 0.252 e. The first-order valence-electron chi connectivity index (χ1n) is 5.77. The van der Waals surface area contributed by atoms with Gasteiger partial charge in [-0.15, -0.1) is 12.4 Å². The summed E-state index contributed by atoms with van der Waals surface area (Å²) in [5.41, 5.74) is 0.948. The van der Waals surface area contributed by atoms with E-state index in [0.717, 1.165) is 13.1 Å². The molecule has 1 aliphatic rings. The Morgan fingerprint density at radius 2 is 1.89 bits per heavy atom. The van der Waals surface area contributed by atoms with Gasteiger partial charge in [0.05, 0.1) is 5.56 Å². The Bertz CT molecular complexity index is 444. The third-order valence-corrected chi connectivity index (χ3v) is 2.97. The number of Topliss-reactive ketones (excluding diaryl/α,β-unsaturated/α-hetero) is 1. The maximum absolute atomic E-state index is 11.9. The highest BCUT2D eigenvalue weighted by Crippen LogP contribution is 2.10. The molecule has 1 saturated heterocycles. The van der Waals surface area contributed by atoms with Gasteiger partial charge in [0.25, 0.3) is 5.91 Å². The molecule has 18 heavy (non-hydrogen) atoms. The summed E-state index contributed by atoms with van der Waals surface area (Å²) in [5.74, 6) is 0.271. The van der Waals surface area contributed by atoms with Crippen LogP contribution in [0.3, 0.4) is 0 Å². The molecular weight excluding hydrogens is 252 g/mol. The molecule has 2 rings (SSSR count). The Morgan fingerprint density at radius 3 is 2.39 bits per heavy atom. The average molecular weight is 269 g/mol. The summed E-state index contributed by atoms with van der Waals surface area (Å²) < 4.78 is 0. The highest BCUT2D eigenvalue weighted by Gasteiger charge is 2.19. The third kappa shape index (κ3) is 3.31. The minimum Gasteiger partial charge on any atom is -0.352 e. The van der Waals surface area contributed by atoms with Crippen LogP contribution in [0.5, 0.6) is 0 Å². The molecule has 4 nitrogen and oxygen atoms in total. The molecule has 0 aromatic heterocycles. The molecule has 5 heteroatoms. The van der Waals surface area contributed by atoms with Crippen molar-refractivity contribution in [3.8, 4) is 0 Å². The number of rotatable bonds is 4. The molecule has 0 spiro atoms. The van der Waals surface area contributed by atoms with Crippen LogP contribution in [-0.4, -0.2) is 31.3 Å². The van der Waals surface area contributed by atoms with Crippen molar-refractivity contribution in [3.05, 3.63) is 35.4 Å². The fourth-order valence-corrected chi connectivity index (χ4v) is 1.81. The standard InChI is InChI=1S/C13H16N2O2.ClH/c1-9(16)11-4-2-3-5-12(11)13(17)15-8-10-6-14-7-10;/h2-5,10,14H,6-8H2,1H3,(H,15,17);1H. The SMILES string of the molecule is CC(=O)c1ccccc1C(=O)NCC1CNC1.Cl. The molecule has 2 N–H and O–H groups in total. The van der Waals surface area contributed by atoms with Gasteiger partial charge in [0.15, 0.2) is 5.78 Å². The van der Waals surface area contributed by atoms with E-state index in [9.17, 15) is 9.59 Å². The van der Waals surface area contributed by atoms with Gasteiger partial charge in [-0.3, -0.25) is 9.59 Å². The Morgan fingerprint density at radius 1 is 1.28 bits per heavy atom. The van der Waals surface area contributed by atoms with Crippen LogP contribution in [0.15, 0.2) is 24.3 Å². The van der Waals surface area contributed by atoms with Crippen LogP contribution in [-0.2, 0) is 0 Å². The number of halogens is 1. The number of ketones is 1. The lowest BCUT2D eigenvalue weighted by molar-refractivity contribution is 0.0929. The second-order valence-electron chi connectivity index (χ2n) is 4.34. The minimum absolute atomic E-state index is 0. The predicted molar refractivity (Wildman–Crippen MR) is 72.4 cm³/mol. The van der Waals surface area contributed by atoms with Crippen molar-refractivity contribution in [1.82, 2.24) is 10.6 Å². The summed E-state index contributed by atoms with van der Waals surface area (Å²) in [6.45, 7) is 4.04. The summed E-state index contributed by atoms with van der Waals surface area (Å²) in [7, 11) is 0. The number of hydrogen-bond donors (Lipinski definition) is 2. The van der Waals surface area contributed by atoms with Gasteiger partial charge in [0.1, 0.15) is 0 Å². The summed E-state index contributed by atoms with van der Waals surface area (Å²) in [6.07, 6.45) is 0. The van der Waals surface area contributed by atoms with Gasteiger partial charge in [-0.1, -0.05) is 18.2 Å². The molecule has 0 unspecified atom stereocenters. The van der Waals surface area contributed by atoms with Crippen molar-refractivity contribution in [1.29, 1.82) is 0 Å². The zero-order chi connectivity index (χ0) is 12.3. The van der Waals surface area contributed by atoms with Gasteiger partial charge >= 0.3 is 0 Å². The second kappa shape index (κ2) is 6.52. The van der Waals surface area contributed by atoms with Crippen molar-refractivity contribution in [2.45, 2.75) is 6.92 Å². The quantitative estimate of drug-likeness (QED) is 0.809. The normalized spacial score (nSPS) is 14.3. The number of nitrogens with one attached hydrogen (secondary N) is 2. The first-order valence-corrected chi connectivity index (χ1v) is 5.77. The molecule has 0 saturated carbocycles. The summed E-state index contributed by atoms with van der Waals surface area (Å²) >= 11 is 0. The van der Waals surface area contributed by atoms with Crippen molar-refractivity contribution in [2.24, 2.45) is 5.92 Å². The second-order valence-corrected chi connectivity index (χ2v) is 4.34. The molecule has 1 aromatic rings.